The number of nitriles is 1. The Kier molecular flexibility index (Phi) is 5.39. The van der Waals surface area contributed by atoms with Crippen LogP contribution in [0.15, 0.2) is 18.2 Å². The van der Waals surface area contributed by atoms with Crippen LogP contribution in [0.3, 0.4) is 0 Å². The van der Waals surface area contributed by atoms with Crippen LogP contribution in [0.25, 0.3) is 0 Å². The van der Waals surface area contributed by atoms with Crippen molar-refractivity contribution in [3.05, 3.63) is 23.8 Å². The quantitative estimate of drug-likeness (QED) is 0.748. The van der Waals surface area contributed by atoms with Gasteiger partial charge in [0.05, 0.1) is 24.3 Å². The van der Waals surface area contributed by atoms with Crippen molar-refractivity contribution < 1.29 is 9.53 Å². The summed E-state index contributed by atoms with van der Waals surface area (Å²) in [7, 11) is 1.57. The summed E-state index contributed by atoms with van der Waals surface area (Å²) in [5.41, 5.74) is 6.11. The van der Waals surface area contributed by atoms with Crippen LogP contribution in [0.2, 0.25) is 0 Å². The van der Waals surface area contributed by atoms with Gasteiger partial charge in [0.25, 0.3) is 0 Å². The Hall–Kier alpha value is -2.22. The third kappa shape index (κ3) is 4.47. The van der Waals surface area contributed by atoms with Gasteiger partial charge in [-0.15, -0.1) is 0 Å². The molecule has 5 heteroatoms. The first-order chi connectivity index (χ1) is 9.39. The van der Waals surface area contributed by atoms with E-state index in [4.69, 9.17) is 15.7 Å². The van der Waals surface area contributed by atoms with E-state index in [0.29, 0.717) is 17.9 Å². The molecule has 0 unspecified atom stereocenters. The zero-order chi connectivity index (χ0) is 15.2. The summed E-state index contributed by atoms with van der Waals surface area (Å²) >= 11 is 0. The molecule has 1 aromatic carbocycles. The lowest BCUT2D eigenvalue weighted by molar-refractivity contribution is 0.100. The third-order valence-electron chi connectivity index (χ3n) is 3.08. The van der Waals surface area contributed by atoms with E-state index in [-0.39, 0.29) is 5.41 Å². The van der Waals surface area contributed by atoms with E-state index in [2.05, 4.69) is 11.4 Å². The maximum Gasteiger partial charge on any atom is 0.248 e. The molecule has 0 bridgehead atoms. The highest BCUT2D eigenvalue weighted by molar-refractivity contribution is 5.94. The molecule has 1 aromatic rings. The molecule has 0 aliphatic carbocycles. The molecular formula is C15H21N3O2. The third-order valence-corrected chi connectivity index (χ3v) is 3.08. The van der Waals surface area contributed by atoms with Crippen molar-refractivity contribution in [2.24, 2.45) is 11.1 Å². The van der Waals surface area contributed by atoms with Crippen molar-refractivity contribution >= 4 is 11.6 Å². The molecule has 0 heterocycles. The fourth-order valence-electron chi connectivity index (χ4n) is 1.81. The largest absolute Gasteiger partial charge is 0.495 e. The van der Waals surface area contributed by atoms with Gasteiger partial charge in [0.1, 0.15) is 5.75 Å². The fourth-order valence-corrected chi connectivity index (χ4v) is 1.81. The number of benzene rings is 1. The Balaban J connectivity index is 2.65. The van der Waals surface area contributed by atoms with Crippen molar-refractivity contribution in [2.75, 3.05) is 19.0 Å². The predicted molar refractivity (Wildman–Crippen MR) is 78.6 cm³/mol. The lowest BCUT2D eigenvalue weighted by atomic mass is 9.90. The van der Waals surface area contributed by atoms with Crippen LogP contribution in [-0.2, 0) is 0 Å². The van der Waals surface area contributed by atoms with Gasteiger partial charge in [0.15, 0.2) is 0 Å². The Labute approximate surface area is 119 Å². The molecule has 0 saturated carbocycles. The molecule has 0 saturated heterocycles. The van der Waals surface area contributed by atoms with E-state index in [1.54, 1.807) is 25.3 Å². The second kappa shape index (κ2) is 6.80. The molecule has 1 rings (SSSR count). The van der Waals surface area contributed by atoms with Gasteiger partial charge in [-0.25, -0.2) is 0 Å². The maximum atomic E-state index is 11.2. The maximum absolute atomic E-state index is 11.2. The summed E-state index contributed by atoms with van der Waals surface area (Å²) in [4.78, 5) is 11.2. The molecule has 0 aromatic heterocycles. The number of nitrogens with two attached hydrogens (primary N) is 1. The van der Waals surface area contributed by atoms with Crippen molar-refractivity contribution in [1.29, 1.82) is 5.26 Å². The second-order valence-electron chi connectivity index (χ2n) is 5.31. The molecule has 20 heavy (non-hydrogen) atoms. The van der Waals surface area contributed by atoms with Gasteiger partial charge in [-0.05, 0) is 44.9 Å². The van der Waals surface area contributed by atoms with Crippen molar-refractivity contribution in [1.82, 2.24) is 0 Å². The number of amides is 1. The minimum atomic E-state index is -0.471. The molecule has 0 atom stereocenters. The van der Waals surface area contributed by atoms with Crippen molar-refractivity contribution in [3.63, 3.8) is 0 Å². The molecular weight excluding hydrogens is 254 g/mol. The van der Waals surface area contributed by atoms with E-state index in [1.807, 2.05) is 13.8 Å². The van der Waals surface area contributed by atoms with E-state index in [9.17, 15) is 4.79 Å². The number of nitrogens with one attached hydrogen (secondary N) is 1. The van der Waals surface area contributed by atoms with E-state index >= 15 is 0 Å². The number of anilines is 1. The van der Waals surface area contributed by atoms with E-state index in [1.165, 1.54) is 0 Å². The number of hydrogen-bond donors (Lipinski definition) is 2. The van der Waals surface area contributed by atoms with Crippen LogP contribution in [0.5, 0.6) is 5.75 Å². The van der Waals surface area contributed by atoms with Crippen LogP contribution in [0.4, 0.5) is 5.69 Å². The topological polar surface area (TPSA) is 88.1 Å². The van der Waals surface area contributed by atoms with Crippen LogP contribution in [0, 0.1) is 16.7 Å². The Bertz CT molecular complexity index is 518. The fraction of sp³-hybridized carbons (Fsp3) is 0.467. The zero-order valence-electron chi connectivity index (χ0n) is 12.2. The molecule has 108 valence electrons. The van der Waals surface area contributed by atoms with Gasteiger partial charge in [-0.1, -0.05) is 0 Å². The number of carbonyl (C=O) groups is 1. The molecule has 1 amide bonds. The highest BCUT2D eigenvalue weighted by atomic mass is 16.5. The molecule has 0 aliphatic rings. The molecule has 0 spiro atoms. The molecule has 0 radical (unpaired) electrons. The molecule has 0 aliphatic heterocycles. The Morgan fingerprint density at radius 1 is 1.50 bits per heavy atom. The monoisotopic (exact) mass is 275 g/mol. The van der Waals surface area contributed by atoms with Crippen LogP contribution >= 0.6 is 0 Å². The summed E-state index contributed by atoms with van der Waals surface area (Å²) in [6, 6.07) is 7.29. The Morgan fingerprint density at radius 3 is 2.75 bits per heavy atom. The average molecular weight is 275 g/mol. The first-order valence-electron chi connectivity index (χ1n) is 6.52. The molecule has 5 nitrogen and oxygen atoms in total. The summed E-state index contributed by atoms with van der Waals surface area (Å²) < 4.78 is 5.23. The first-order valence-corrected chi connectivity index (χ1v) is 6.52. The summed E-state index contributed by atoms with van der Waals surface area (Å²) in [6.45, 7) is 4.53. The SMILES string of the molecule is COc1ccc(C(N)=O)cc1NCCCC(C)(C)C#N. The van der Waals surface area contributed by atoms with Gasteiger partial charge in [0.2, 0.25) is 5.91 Å². The number of nitrogens with zero attached hydrogens (tertiary/aromatic N) is 1. The van der Waals surface area contributed by atoms with Crippen molar-refractivity contribution in [3.8, 4) is 11.8 Å². The van der Waals surface area contributed by atoms with Crippen LogP contribution in [-0.4, -0.2) is 19.6 Å². The number of ether oxygens (including phenoxy) is 1. The summed E-state index contributed by atoms with van der Waals surface area (Å²) in [6.07, 6.45) is 1.65. The van der Waals surface area contributed by atoms with Crippen LogP contribution < -0.4 is 15.8 Å². The van der Waals surface area contributed by atoms with Crippen LogP contribution in [0.1, 0.15) is 37.0 Å². The lowest BCUT2D eigenvalue weighted by Gasteiger charge is -2.16. The van der Waals surface area contributed by atoms with Gasteiger partial charge in [-0.2, -0.15) is 5.26 Å². The highest BCUT2D eigenvalue weighted by Gasteiger charge is 2.15. The number of primary amides is 1. The van der Waals surface area contributed by atoms with Gasteiger partial charge >= 0.3 is 0 Å². The standard InChI is InChI=1S/C15H21N3O2/c1-15(2,10-16)7-4-8-18-12-9-11(14(17)19)5-6-13(12)20-3/h5-6,9,18H,4,7-8H2,1-3H3,(H2,17,19). The number of methoxy groups -OCH3 is 1. The van der Waals surface area contributed by atoms with E-state index < -0.39 is 5.91 Å². The number of hydrogen-bond acceptors (Lipinski definition) is 4. The van der Waals surface area contributed by atoms with Gasteiger partial charge < -0.3 is 15.8 Å². The van der Waals surface area contributed by atoms with Gasteiger partial charge in [-0.3, -0.25) is 4.79 Å². The molecule has 3 N–H and O–H groups in total. The predicted octanol–water partition coefficient (Wildman–Crippen LogP) is 2.54. The average Bonchev–Trinajstić information content (AvgIpc) is 2.43. The number of rotatable bonds is 7. The second-order valence-corrected chi connectivity index (χ2v) is 5.31. The highest BCUT2D eigenvalue weighted by Crippen LogP contribution is 2.26. The van der Waals surface area contributed by atoms with Crippen molar-refractivity contribution in [2.45, 2.75) is 26.7 Å². The Morgan fingerprint density at radius 2 is 2.20 bits per heavy atom. The van der Waals surface area contributed by atoms with E-state index in [0.717, 1.165) is 18.5 Å². The lowest BCUT2D eigenvalue weighted by Crippen LogP contribution is -2.13. The smallest absolute Gasteiger partial charge is 0.248 e. The normalized spacial score (nSPS) is 10.7. The first kappa shape index (κ1) is 15.8. The summed E-state index contributed by atoms with van der Waals surface area (Å²) in [5, 5.41) is 12.2. The molecule has 0 fully saturated rings. The zero-order valence-corrected chi connectivity index (χ0v) is 12.2. The number of carbonyl (C=O) groups excluding carboxylic acids is 1. The van der Waals surface area contributed by atoms with Gasteiger partial charge in [0, 0.05) is 12.1 Å². The minimum absolute atomic E-state index is 0.319. The minimum Gasteiger partial charge on any atom is -0.495 e. The summed E-state index contributed by atoms with van der Waals surface area (Å²) in [5.74, 6) is 0.191.